The van der Waals surface area contributed by atoms with Gasteiger partial charge in [0.1, 0.15) is 0 Å². The third-order valence-corrected chi connectivity index (χ3v) is 3.37. The zero-order chi connectivity index (χ0) is 13.1. The summed E-state index contributed by atoms with van der Waals surface area (Å²) in [4.78, 5) is 35.2. The third kappa shape index (κ3) is 3.27. The molecule has 1 atom stereocenters. The zero-order valence-corrected chi connectivity index (χ0v) is 10.1. The Morgan fingerprint density at radius 2 is 2.06 bits per heavy atom. The summed E-state index contributed by atoms with van der Waals surface area (Å²) < 4.78 is 0. The highest BCUT2D eigenvalue weighted by molar-refractivity contribution is 6.05. The fourth-order valence-corrected chi connectivity index (χ4v) is 2.45. The van der Waals surface area contributed by atoms with E-state index in [9.17, 15) is 14.4 Å². The van der Waals surface area contributed by atoms with Crippen molar-refractivity contribution in [2.24, 2.45) is 5.73 Å². The van der Waals surface area contributed by atoms with Gasteiger partial charge < -0.3 is 11.1 Å². The molecule has 3 amide bonds. The molecule has 0 aromatic carbocycles. The molecule has 0 aromatic heterocycles. The lowest BCUT2D eigenvalue weighted by Gasteiger charge is -2.32. The molecule has 0 radical (unpaired) electrons. The van der Waals surface area contributed by atoms with Crippen LogP contribution in [0, 0.1) is 0 Å². The monoisotopic (exact) mass is 254 g/mol. The molecule has 2 aliphatic heterocycles. The highest BCUT2D eigenvalue weighted by atomic mass is 16.2. The molecule has 1 unspecified atom stereocenters. The molecule has 0 saturated carbocycles. The number of likely N-dealkylation sites (tertiary alicyclic amines) is 1. The van der Waals surface area contributed by atoms with E-state index in [1.54, 1.807) is 0 Å². The van der Waals surface area contributed by atoms with Gasteiger partial charge in [-0.3, -0.25) is 24.6 Å². The average Bonchev–Trinajstić information content (AvgIpc) is 2.59. The Morgan fingerprint density at radius 1 is 1.39 bits per heavy atom. The number of primary amides is 1. The fraction of sp³-hybridized carbons (Fsp3) is 0.727. The molecular formula is C11H18N4O3. The van der Waals surface area contributed by atoms with Crippen LogP contribution in [0.1, 0.15) is 19.3 Å². The summed E-state index contributed by atoms with van der Waals surface area (Å²) in [5.41, 5.74) is 5.14. The van der Waals surface area contributed by atoms with Gasteiger partial charge in [-0.1, -0.05) is 0 Å². The first-order valence-electron chi connectivity index (χ1n) is 6.15. The largest absolute Gasteiger partial charge is 0.369 e. The van der Waals surface area contributed by atoms with E-state index in [0.717, 1.165) is 25.9 Å². The van der Waals surface area contributed by atoms with Gasteiger partial charge in [-0.15, -0.1) is 0 Å². The smallest absolute Gasteiger partial charge is 0.244 e. The predicted octanol–water partition coefficient (Wildman–Crippen LogP) is -2.06. The Kier molecular flexibility index (Phi) is 3.93. The van der Waals surface area contributed by atoms with Crippen molar-refractivity contribution in [1.82, 2.24) is 15.5 Å². The van der Waals surface area contributed by atoms with Crippen LogP contribution in [0.15, 0.2) is 0 Å². The highest BCUT2D eigenvalue weighted by Gasteiger charge is 2.32. The van der Waals surface area contributed by atoms with E-state index in [1.165, 1.54) is 0 Å². The van der Waals surface area contributed by atoms with E-state index in [1.807, 2.05) is 4.90 Å². The van der Waals surface area contributed by atoms with Gasteiger partial charge in [-0.25, -0.2) is 0 Å². The van der Waals surface area contributed by atoms with Crippen LogP contribution >= 0.6 is 0 Å². The summed E-state index contributed by atoms with van der Waals surface area (Å²) in [6, 6.07) is -0.180. The summed E-state index contributed by atoms with van der Waals surface area (Å²) >= 11 is 0. The lowest BCUT2D eigenvalue weighted by molar-refractivity contribution is -0.125. The number of carbonyl (C=O) groups excluding carboxylic acids is 3. The number of nitrogens with one attached hydrogen (secondary N) is 2. The number of hydrogen-bond donors (Lipinski definition) is 3. The van der Waals surface area contributed by atoms with E-state index >= 15 is 0 Å². The van der Waals surface area contributed by atoms with Crippen LogP contribution in [0.4, 0.5) is 0 Å². The van der Waals surface area contributed by atoms with Crippen molar-refractivity contribution in [2.75, 3.05) is 19.6 Å². The quantitative estimate of drug-likeness (QED) is 0.500. The number of amides is 3. The predicted molar refractivity (Wildman–Crippen MR) is 63.3 cm³/mol. The second-order valence-electron chi connectivity index (χ2n) is 4.85. The van der Waals surface area contributed by atoms with E-state index in [0.29, 0.717) is 0 Å². The molecule has 0 spiro atoms. The number of piperidine rings is 1. The van der Waals surface area contributed by atoms with Crippen LogP contribution in [0.3, 0.4) is 0 Å². The number of hydrogen-bond acceptors (Lipinski definition) is 5. The fourth-order valence-electron chi connectivity index (χ4n) is 2.45. The van der Waals surface area contributed by atoms with Crippen molar-refractivity contribution in [3.63, 3.8) is 0 Å². The van der Waals surface area contributed by atoms with Crippen molar-refractivity contribution in [3.05, 3.63) is 0 Å². The third-order valence-electron chi connectivity index (χ3n) is 3.37. The molecule has 2 fully saturated rings. The lowest BCUT2D eigenvalue weighted by atomic mass is 10.0. The van der Waals surface area contributed by atoms with Gasteiger partial charge >= 0.3 is 0 Å². The van der Waals surface area contributed by atoms with Gasteiger partial charge in [0, 0.05) is 19.1 Å². The van der Waals surface area contributed by atoms with Crippen molar-refractivity contribution >= 4 is 17.7 Å². The first-order valence-corrected chi connectivity index (χ1v) is 6.15. The molecular weight excluding hydrogens is 236 g/mol. The van der Waals surface area contributed by atoms with E-state index in [2.05, 4.69) is 10.6 Å². The number of rotatable bonds is 4. The van der Waals surface area contributed by atoms with Crippen LogP contribution in [0.2, 0.25) is 0 Å². The molecule has 2 rings (SSSR count). The molecule has 0 bridgehead atoms. The van der Waals surface area contributed by atoms with E-state index < -0.39 is 6.04 Å². The summed E-state index contributed by atoms with van der Waals surface area (Å²) in [5.74, 6) is -0.773. The Balaban J connectivity index is 1.75. The van der Waals surface area contributed by atoms with Crippen molar-refractivity contribution in [3.8, 4) is 0 Å². The van der Waals surface area contributed by atoms with Crippen molar-refractivity contribution in [2.45, 2.75) is 31.3 Å². The molecule has 7 heteroatoms. The maximum atomic E-state index is 11.4. The molecule has 2 saturated heterocycles. The topological polar surface area (TPSA) is 105 Å². The SMILES string of the molecule is NC(=O)CN1CCC(NC2CC(=O)NC2=O)CC1. The molecule has 7 nitrogen and oxygen atoms in total. The van der Waals surface area contributed by atoms with Crippen LogP contribution in [0.5, 0.6) is 0 Å². The Labute approximate surface area is 105 Å². The Bertz CT molecular complexity index is 363. The minimum Gasteiger partial charge on any atom is -0.369 e. The minimum absolute atomic E-state index is 0.218. The molecule has 2 aliphatic rings. The second-order valence-corrected chi connectivity index (χ2v) is 4.85. The summed E-state index contributed by atoms with van der Waals surface area (Å²) in [5, 5.41) is 5.48. The van der Waals surface area contributed by atoms with Gasteiger partial charge in [0.15, 0.2) is 0 Å². The van der Waals surface area contributed by atoms with Crippen molar-refractivity contribution < 1.29 is 14.4 Å². The number of nitrogens with zero attached hydrogens (tertiary/aromatic N) is 1. The van der Waals surface area contributed by atoms with Crippen molar-refractivity contribution in [1.29, 1.82) is 0 Å². The minimum atomic E-state index is -0.398. The zero-order valence-electron chi connectivity index (χ0n) is 10.1. The van der Waals surface area contributed by atoms with Gasteiger partial charge in [0.25, 0.3) is 0 Å². The van der Waals surface area contributed by atoms with Crippen LogP contribution in [-0.4, -0.2) is 54.3 Å². The lowest BCUT2D eigenvalue weighted by Crippen LogP contribution is -2.49. The van der Waals surface area contributed by atoms with Gasteiger partial charge in [0.05, 0.1) is 19.0 Å². The highest BCUT2D eigenvalue weighted by Crippen LogP contribution is 2.12. The van der Waals surface area contributed by atoms with Gasteiger partial charge in [-0.05, 0) is 12.8 Å². The first-order chi connectivity index (χ1) is 8.54. The second kappa shape index (κ2) is 5.45. The molecule has 0 aliphatic carbocycles. The maximum Gasteiger partial charge on any atom is 0.244 e. The summed E-state index contributed by atoms with van der Waals surface area (Å²) in [6.45, 7) is 1.85. The van der Waals surface area contributed by atoms with Gasteiger partial charge in [0.2, 0.25) is 17.7 Å². The summed E-state index contributed by atoms with van der Waals surface area (Å²) in [7, 11) is 0. The van der Waals surface area contributed by atoms with Crippen LogP contribution < -0.4 is 16.4 Å². The van der Waals surface area contributed by atoms with Crippen LogP contribution in [-0.2, 0) is 14.4 Å². The molecule has 100 valence electrons. The average molecular weight is 254 g/mol. The number of nitrogens with two attached hydrogens (primary N) is 1. The van der Waals surface area contributed by atoms with E-state index in [4.69, 9.17) is 5.73 Å². The van der Waals surface area contributed by atoms with E-state index in [-0.39, 0.29) is 36.7 Å². The summed E-state index contributed by atoms with van der Waals surface area (Å²) in [6.07, 6.45) is 1.93. The maximum absolute atomic E-state index is 11.4. The van der Waals surface area contributed by atoms with Crippen LogP contribution in [0.25, 0.3) is 0 Å². The number of imide groups is 1. The molecule has 2 heterocycles. The molecule has 18 heavy (non-hydrogen) atoms. The Hall–Kier alpha value is -1.47. The van der Waals surface area contributed by atoms with Gasteiger partial charge in [-0.2, -0.15) is 0 Å². The first kappa shape index (κ1) is 13.0. The standard InChI is InChI=1S/C11H18N4O3/c12-9(16)6-15-3-1-7(2-4-15)13-8-5-10(17)14-11(8)18/h7-8,13H,1-6H2,(H2,12,16)(H,14,17,18). The number of carbonyl (C=O) groups is 3. The molecule has 4 N–H and O–H groups in total. The molecule has 0 aromatic rings. The normalized spacial score (nSPS) is 26.3. The Morgan fingerprint density at radius 3 is 2.56 bits per heavy atom.